The molecular formula is C13H15NO3. The molecule has 0 spiro atoms. The largest absolute Gasteiger partial charge is 0.506 e. The van der Waals surface area contributed by atoms with E-state index in [1.807, 2.05) is 6.92 Å². The highest BCUT2D eigenvalue weighted by molar-refractivity contribution is 6.03. The molecule has 90 valence electrons. The van der Waals surface area contributed by atoms with Crippen LogP contribution in [0.5, 0.6) is 0 Å². The van der Waals surface area contributed by atoms with E-state index in [1.54, 1.807) is 31.3 Å². The summed E-state index contributed by atoms with van der Waals surface area (Å²) in [6.45, 7) is 4.03. The normalized spacial score (nSPS) is 12.4. The highest BCUT2D eigenvalue weighted by atomic mass is 16.5. The van der Waals surface area contributed by atoms with E-state index in [2.05, 4.69) is 4.98 Å². The van der Waals surface area contributed by atoms with Crippen molar-refractivity contribution in [2.75, 3.05) is 6.61 Å². The average Bonchev–Trinajstić information content (AvgIpc) is 2.30. The van der Waals surface area contributed by atoms with Gasteiger partial charge in [-0.1, -0.05) is 6.07 Å². The summed E-state index contributed by atoms with van der Waals surface area (Å²) >= 11 is 0. The predicted molar refractivity (Wildman–Crippen MR) is 65.2 cm³/mol. The van der Waals surface area contributed by atoms with Crippen LogP contribution < -0.4 is 0 Å². The van der Waals surface area contributed by atoms with Crippen molar-refractivity contribution < 1.29 is 14.6 Å². The van der Waals surface area contributed by atoms with Crippen molar-refractivity contribution in [3.63, 3.8) is 0 Å². The zero-order valence-electron chi connectivity index (χ0n) is 9.88. The topological polar surface area (TPSA) is 59.4 Å². The number of allylic oxidation sites excluding steroid dienone is 3. The first-order valence-electron chi connectivity index (χ1n) is 5.30. The Morgan fingerprint density at radius 3 is 2.82 bits per heavy atom. The fourth-order valence-corrected chi connectivity index (χ4v) is 1.23. The number of carbonyl (C=O) groups is 1. The molecule has 0 saturated heterocycles. The van der Waals surface area contributed by atoms with E-state index in [1.165, 1.54) is 6.08 Å². The Kier molecular flexibility index (Phi) is 4.94. The molecule has 0 aliphatic rings. The number of ketones is 1. The molecule has 0 radical (unpaired) electrons. The highest BCUT2D eigenvalue weighted by Crippen LogP contribution is 2.07. The predicted octanol–water partition coefficient (Wildman–Crippen LogP) is 2.49. The molecule has 1 aromatic rings. The van der Waals surface area contributed by atoms with Gasteiger partial charge >= 0.3 is 0 Å². The first kappa shape index (κ1) is 13.0. The second-order valence-electron chi connectivity index (χ2n) is 3.33. The SMILES string of the molecule is CCO/C(C)=C/C(=O)/C=C(/O)c1ccccn1. The summed E-state index contributed by atoms with van der Waals surface area (Å²) in [4.78, 5) is 15.4. The molecule has 0 fully saturated rings. The summed E-state index contributed by atoms with van der Waals surface area (Å²) in [5.74, 6) is 0.0258. The number of rotatable bonds is 5. The number of hydrogen-bond acceptors (Lipinski definition) is 4. The van der Waals surface area contributed by atoms with E-state index in [-0.39, 0.29) is 11.5 Å². The molecule has 1 heterocycles. The van der Waals surface area contributed by atoms with E-state index in [0.717, 1.165) is 6.08 Å². The average molecular weight is 233 g/mol. The van der Waals surface area contributed by atoms with Crippen molar-refractivity contribution in [3.8, 4) is 0 Å². The highest BCUT2D eigenvalue weighted by Gasteiger charge is 2.02. The lowest BCUT2D eigenvalue weighted by Crippen LogP contribution is -1.95. The number of ether oxygens (including phenoxy) is 1. The van der Waals surface area contributed by atoms with Gasteiger partial charge in [0.05, 0.1) is 12.4 Å². The summed E-state index contributed by atoms with van der Waals surface area (Å²) in [6, 6.07) is 5.09. The number of carbonyl (C=O) groups excluding carboxylic acids is 1. The molecule has 0 bridgehead atoms. The third-order valence-electron chi connectivity index (χ3n) is 1.92. The fraction of sp³-hybridized carbons (Fsp3) is 0.231. The van der Waals surface area contributed by atoms with Crippen molar-refractivity contribution in [1.29, 1.82) is 0 Å². The molecule has 0 unspecified atom stereocenters. The van der Waals surface area contributed by atoms with E-state index < -0.39 is 0 Å². The third kappa shape index (κ3) is 4.51. The van der Waals surface area contributed by atoms with Gasteiger partial charge in [-0.2, -0.15) is 0 Å². The van der Waals surface area contributed by atoms with Crippen LogP contribution in [0.15, 0.2) is 42.3 Å². The molecule has 17 heavy (non-hydrogen) atoms. The van der Waals surface area contributed by atoms with Gasteiger partial charge in [0.2, 0.25) is 0 Å². The van der Waals surface area contributed by atoms with Gasteiger partial charge in [0.25, 0.3) is 0 Å². The van der Waals surface area contributed by atoms with Crippen LogP contribution in [-0.4, -0.2) is 22.5 Å². The Hall–Kier alpha value is -2.10. The molecule has 0 saturated carbocycles. The van der Waals surface area contributed by atoms with Crippen molar-refractivity contribution in [2.24, 2.45) is 0 Å². The molecule has 4 heteroatoms. The minimum Gasteiger partial charge on any atom is -0.506 e. The smallest absolute Gasteiger partial charge is 0.185 e. The lowest BCUT2D eigenvalue weighted by Gasteiger charge is -2.00. The molecule has 4 nitrogen and oxygen atoms in total. The summed E-state index contributed by atoms with van der Waals surface area (Å²) in [6.07, 6.45) is 3.98. The van der Waals surface area contributed by atoms with E-state index in [4.69, 9.17) is 4.74 Å². The van der Waals surface area contributed by atoms with Crippen LogP contribution in [0, 0.1) is 0 Å². The van der Waals surface area contributed by atoms with Gasteiger partial charge in [-0.25, -0.2) is 0 Å². The number of aromatic nitrogens is 1. The Morgan fingerprint density at radius 2 is 2.24 bits per heavy atom. The Balaban J connectivity index is 2.76. The molecule has 1 N–H and O–H groups in total. The molecule has 0 aliphatic heterocycles. The zero-order chi connectivity index (χ0) is 12.7. The van der Waals surface area contributed by atoms with Crippen molar-refractivity contribution >= 4 is 11.5 Å². The van der Waals surface area contributed by atoms with Crippen LogP contribution in [0.2, 0.25) is 0 Å². The van der Waals surface area contributed by atoms with Crippen molar-refractivity contribution in [1.82, 2.24) is 4.98 Å². The first-order valence-corrected chi connectivity index (χ1v) is 5.30. The van der Waals surface area contributed by atoms with Gasteiger partial charge in [-0.05, 0) is 26.0 Å². The second-order valence-corrected chi connectivity index (χ2v) is 3.33. The van der Waals surface area contributed by atoms with Crippen LogP contribution in [0.3, 0.4) is 0 Å². The van der Waals surface area contributed by atoms with Gasteiger partial charge in [0, 0.05) is 18.3 Å². The molecule has 0 atom stereocenters. The quantitative estimate of drug-likeness (QED) is 0.627. The lowest BCUT2D eigenvalue weighted by molar-refractivity contribution is -0.110. The first-order chi connectivity index (χ1) is 8.13. The summed E-state index contributed by atoms with van der Waals surface area (Å²) in [5.41, 5.74) is 0.364. The maximum absolute atomic E-state index is 11.5. The number of hydrogen-bond donors (Lipinski definition) is 1. The van der Waals surface area contributed by atoms with E-state index in [0.29, 0.717) is 18.1 Å². The van der Waals surface area contributed by atoms with Gasteiger partial charge in [-0.15, -0.1) is 0 Å². The minimum absolute atomic E-state index is 0.156. The summed E-state index contributed by atoms with van der Waals surface area (Å²) in [7, 11) is 0. The molecule has 1 rings (SSSR count). The number of nitrogens with zero attached hydrogens (tertiary/aromatic N) is 1. The van der Waals surface area contributed by atoms with Crippen LogP contribution in [-0.2, 0) is 9.53 Å². The minimum atomic E-state index is -0.334. The van der Waals surface area contributed by atoms with Crippen molar-refractivity contribution in [3.05, 3.63) is 48.0 Å². The monoisotopic (exact) mass is 233 g/mol. The van der Waals surface area contributed by atoms with Gasteiger partial charge in [-0.3, -0.25) is 9.78 Å². The maximum Gasteiger partial charge on any atom is 0.185 e. The fourth-order valence-electron chi connectivity index (χ4n) is 1.23. The number of aliphatic hydroxyl groups is 1. The van der Waals surface area contributed by atoms with Gasteiger partial charge < -0.3 is 9.84 Å². The van der Waals surface area contributed by atoms with E-state index in [9.17, 15) is 9.90 Å². The Labute approximate surface area is 100 Å². The number of aliphatic hydroxyl groups excluding tert-OH is 1. The third-order valence-corrected chi connectivity index (χ3v) is 1.92. The van der Waals surface area contributed by atoms with Crippen LogP contribution in [0.25, 0.3) is 5.76 Å². The van der Waals surface area contributed by atoms with Gasteiger partial charge in [0.15, 0.2) is 5.78 Å². The molecular weight excluding hydrogens is 218 g/mol. The standard InChI is InChI=1S/C13H15NO3/c1-3-17-10(2)8-11(15)9-13(16)12-6-4-5-7-14-12/h4-9,16H,3H2,1-2H3/b10-8+,13-9+. The molecule has 0 amide bonds. The van der Waals surface area contributed by atoms with Crippen molar-refractivity contribution in [2.45, 2.75) is 13.8 Å². The molecule has 0 aliphatic carbocycles. The lowest BCUT2D eigenvalue weighted by atomic mass is 10.2. The summed E-state index contributed by atoms with van der Waals surface area (Å²) < 4.78 is 5.11. The second kappa shape index (κ2) is 6.48. The van der Waals surface area contributed by atoms with Gasteiger partial charge in [0.1, 0.15) is 11.5 Å². The Morgan fingerprint density at radius 1 is 1.47 bits per heavy atom. The van der Waals surface area contributed by atoms with Crippen LogP contribution in [0.4, 0.5) is 0 Å². The summed E-state index contributed by atoms with van der Waals surface area (Å²) in [5, 5.41) is 9.64. The molecule has 1 aromatic heterocycles. The van der Waals surface area contributed by atoms with Crippen LogP contribution >= 0.6 is 0 Å². The maximum atomic E-state index is 11.5. The Bertz CT molecular complexity index is 435. The van der Waals surface area contributed by atoms with E-state index >= 15 is 0 Å². The molecule has 0 aromatic carbocycles. The zero-order valence-corrected chi connectivity index (χ0v) is 9.88. The van der Waals surface area contributed by atoms with Crippen LogP contribution in [0.1, 0.15) is 19.5 Å². The number of pyridine rings is 1.